The molecule has 1 unspecified atom stereocenters. The minimum atomic E-state index is -0.578. The molecule has 0 aromatic heterocycles. The Hall–Kier alpha value is -3.18. The van der Waals surface area contributed by atoms with Crippen molar-refractivity contribution >= 4 is 11.9 Å². The highest BCUT2D eigenvalue weighted by atomic mass is 16.6. The summed E-state index contributed by atoms with van der Waals surface area (Å²) in [6.45, 7) is 7.62. The van der Waals surface area contributed by atoms with Crippen molar-refractivity contribution in [3.05, 3.63) is 97.2 Å². The molecular formula is C63H108O5. The van der Waals surface area contributed by atoms with Gasteiger partial charge in [0.2, 0.25) is 0 Å². The van der Waals surface area contributed by atoms with Crippen LogP contribution in [-0.4, -0.2) is 37.9 Å². The van der Waals surface area contributed by atoms with Crippen molar-refractivity contribution in [1.82, 2.24) is 0 Å². The second kappa shape index (κ2) is 58.1. The smallest absolute Gasteiger partial charge is 0.306 e. The van der Waals surface area contributed by atoms with Crippen LogP contribution in [0.2, 0.25) is 0 Å². The summed E-state index contributed by atoms with van der Waals surface area (Å²) in [5.41, 5.74) is 0. The lowest BCUT2D eigenvalue weighted by molar-refractivity contribution is -0.162. The summed E-state index contributed by atoms with van der Waals surface area (Å²) in [5.74, 6) is -0.505. The van der Waals surface area contributed by atoms with Crippen LogP contribution in [0.15, 0.2) is 97.2 Å². The Bertz CT molecular complexity index is 1300. The molecule has 0 N–H and O–H groups in total. The first-order valence-corrected chi connectivity index (χ1v) is 28.8. The van der Waals surface area contributed by atoms with Gasteiger partial charge < -0.3 is 14.2 Å². The molecule has 68 heavy (non-hydrogen) atoms. The van der Waals surface area contributed by atoms with Gasteiger partial charge in [-0.25, -0.2) is 0 Å². The quantitative estimate of drug-likeness (QED) is 0.0345. The standard InChI is InChI=1S/C63H108O5/c1-4-7-10-13-16-19-22-25-28-30-32-33-36-38-41-44-47-50-53-56-62(64)67-60-61(68-63(65)57-54-51-48-45-42-39-35-27-24-21-18-15-12-9-6-3)59-66-58-55-52-49-46-43-40-37-34-31-29-26-23-20-17-14-11-8-5-2/h7,10,16,18-19,21,25,27-28,32-33,35,38,41,47,50,61H,4-6,8-9,11-15,17,20,22-24,26,29-31,34,36-37,39-40,42-46,48-49,51-60H2,1-3H3/b10-7-,19-16-,21-18-,28-25-,33-32-,35-27-,41-38-,50-47-. The van der Waals surface area contributed by atoms with Crippen LogP contribution in [0.4, 0.5) is 0 Å². The number of esters is 2. The number of rotatable bonds is 52. The third-order valence-corrected chi connectivity index (χ3v) is 12.1. The van der Waals surface area contributed by atoms with E-state index in [1.54, 1.807) is 0 Å². The van der Waals surface area contributed by atoms with E-state index >= 15 is 0 Å². The molecule has 0 fully saturated rings. The van der Waals surface area contributed by atoms with E-state index in [0.717, 1.165) is 83.5 Å². The van der Waals surface area contributed by atoms with Crippen molar-refractivity contribution in [2.75, 3.05) is 19.8 Å². The highest BCUT2D eigenvalue weighted by Gasteiger charge is 2.17. The van der Waals surface area contributed by atoms with Crippen LogP contribution in [0.25, 0.3) is 0 Å². The first-order chi connectivity index (χ1) is 33.6. The predicted molar refractivity (Wildman–Crippen MR) is 297 cm³/mol. The van der Waals surface area contributed by atoms with E-state index in [0.29, 0.717) is 25.9 Å². The molecule has 1 atom stereocenters. The molecule has 5 heteroatoms. The van der Waals surface area contributed by atoms with Crippen LogP contribution in [0.1, 0.15) is 265 Å². The third-order valence-electron chi connectivity index (χ3n) is 12.1. The predicted octanol–water partition coefficient (Wildman–Crippen LogP) is 19.8. The molecule has 0 aliphatic rings. The molecule has 0 spiro atoms. The number of allylic oxidation sites excluding steroid dienone is 16. The van der Waals surface area contributed by atoms with E-state index < -0.39 is 6.10 Å². The Morgan fingerprint density at radius 1 is 0.338 bits per heavy atom. The van der Waals surface area contributed by atoms with Gasteiger partial charge in [-0.2, -0.15) is 0 Å². The van der Waals surface area contributed by atoms with Gasteiger partial charge in [-0.15, -0.1) is 0 Å². The minimum Gasteiger partial charge on any atom is -0.462 e. The van der Waals surface area contributed by atoms with Crippen molar-refractivity contribution in [3.63, 3.8) is 0 Å². The summed E-state index contributed by atoms with van der Waals surface area (Å²) in [7, 11) is 0. The maximum absolute atomic E-state index is 12.8. The van der Waals surface area contributed by atoms with Gasteiger partial charge in [-0.05, 0) is 89.9 Å². The molecule has 0 amide bonds. The lowest BCUT2D eigenvalue weighted by Crippen LogP contribution is -2.30. The topological polar surface area (TPSA) is 61.8 Å². The Kier molecular flexibility index (Phi) is 55.4. The van der Waals surface area contributed by atoms with Crippen LogP contribution in [0, 0.1) is 0 Å². The lowest BCUT2D eigenvalue weighted by Gasteiger charge is -2.18. The van der Waals surface area contributed by atoms with Gasteiger partial charge in [0.25, 0.3) is 0 Å². The van der Waals surface area contributed by atoms with E-state index in [4.69, 9.17) is 14.2 Å². The number of carbonyl (C=O) groups excluding carboxylic acids is 2. The molecule has 0 aliphatic carbocycles. The molecule has 5 nitrogen and oxygen atoms in total. The molecule has 0 rings (SSSR count). The highest BCUT2D eigenvalue weighted by Crippen LogP contribution is 2.15. The molecular weight excluding hydrogens is 837 g/mol. The average molecular weight is 946 g/mol. The second-order valence-corrected chi connectivity index (χ2v) is 18.8. The number of carbonyl (C=O) groups is 2. The maximum Gasteiger partial charge on any atom is 0.306 e. The zero-order valence-electron chi connectivity index (χ0n) is 44.8. The average Bonchev–Trinajstić information content (AvgIpc) is 3.34. The zero-order chi connectivity index (χ0) is 49.2. The second-order valence-electron chi connectivity index (χ2n) is 18.8. The molecule has 0 heterocycles. The summed E-state index contributed by atoms with van der Waals surface area (Å²) in [6, 6.07) is 0. The molecule has 0 aromatic carbocycles. The normalized spacial score (nSPS) is 12.9. The summed E-state index contributed by atoms with van der Waals surface area (Å²) in [4.78, 5) is 25.5. The van der Waals surface area contributed by atoms with Crippen LogP contribution in [0.3, 0.4) is 0 Å². The van der Waals surface area contributed by atoms with E-state index in [1.165, 1.54) is 141 Å². The Morgan fingerprint density at radius 2 is 0.691 bits per heavy atom. The molecule has 0 bridgehead atoms. The number of hydrogen-bond acceptors (Lipinski definition) is 5. The van der Waals surface area contributed by atoms with Gasteiger partial charge >= 0.3 is 11.9 Å². The number of unbranched alkanes of at least 4 members (excludes halogenated alkanes) is 25. The van der Waals surface area contributed by atoms with Gasteiger partial charge in [0.05, 0.1) is 6.61 Å². The molecule has 0 radical (unpaired) electrons. The first kappa shape index (κ1) is 64.8. The van der Waals surface area contributed by atoms with Crippen molar-refractivity contribution in [1.29, 1.82) is 0 Å². The largest absolute Gasteiger partial charge is 0.462 e. The van der Waals surface area contributed by atoms with Crippen LogP contribution in [0.5, 0.6) is 0 Å². The van der Waals surface area contributed by atoms with Crippen LogP contribution in [-0.2, 0) is 23.8 Å². The first-order valence-electron chi connectivity index (χ1n) is 28.8. The molecule has 0 saturated heterocycles. The van der Waals surface area contributed by atoms with Gasteiger partial charge in [0.1, 0.15) is 6.61 Å². The summed E-state index contributed by atoms with van der Waals surface area (Å²) in [5, 5.41) is 0. The van der Waals surface area contributed by atoms with E-state index in [1.807, 2.05) is 6.08 Å². The summed E-state index contributed by atoms with van der Waals surface area (Å²) >= 11 is 0. The zero-order valence-corrected chi connectivity index (χ0v) is 44.8. The monoisotopic (exact) mass is 945 g/mol. The number of ether oxygens (including phenoxy) is 3. The summed E-state index contributed by atoms with van der Waals surface area (Å²) < 4.78 is 17.4. The van der Waals surface area contributed by atoms with Gasteiger partial charge in [-0.1, -0.05) is 259 Å². The van der Waals surface area contributed by atoms with Crippen molar-refractivity contribution in [2.24, 2.45) is 0 Å². The van der Waals surface area contributed by atoms with Gasteiger partial charge in [0.15, 0.2) is 6.10 Å². The van der Waals surface area contributed by atoms with Gasteiger partial charge in [-0.3, -0.25) is 9.59 Å². The molecule has 0 aromatic rings. The minimum absolute atomic E-state index is 0.0373. The van der Waals surface area contributed by atoms with Crippen LogP contribution < -0.4 is 0 Å². The van der Waals surface area contributed by atoms with Crippen molar-refractivity contribution in [2.45, 2.75) is 271 Å². The maximum atomic E-state index is 12.8. The van der Waals surface area contributed by atoms with E-state index in [-0.39, 0.29) is 25.2 Å². The van der Waals surface area contributed by atoms with Gasteiger partial charge in [0, 0.05) is 19.4 Å². The fraction of sp³-hybridized carbons (Fsp3) is 0.714. The highest BCUT2D eigenvalue weighted by molar-refractivity contribution is 5.70. The van der Waals surface area contributed by atoms with Crippen molar-refractivity contribution in [3.8, 4) is 0 Å². The Morgan fingerprint density at radius 3 is 1.15 bits per heavy atom. The Balaban J connectivity index is 4.39. The van der Waals surface area contributed by atoms with E-state index in [9.17, 15) is 9.59 Å². The lowest BCUT2D eigenvalue weighted by atomic mass is 10.0. The van der Waals surface area contributed by atoms with E-state index in [2.05, 4.69) is 112 Å². The third kappa shape index (κ3) is 55.4. The fourth-order valence-electron chi connectivity index (χ4n) is 7.86. The SMILES string of the molecule is CC/C=C\C/C=C\C/C=C\C/C=C\C/C=C\C/C=C\CCC(=O)OCC(COCCCCCCCCCCCCCCCCCCCC)OC(=O)CCCCCCC/C=C\C/C=C\CCCCC. The Labute approximate surface area is 422 Å². The summed E-state index contributed by atoms with van der Waals surface area (Å²) in [6.07, 6.45) is 78.7. The fourth-order valence-corrected chi connectivity index (χ4v) is 7.86. The molecule has 390 valence electrons. The molecule has 0 saturated carbocycles. The van der Waals surface area contributed by atoms with Crippen molar-refractivity contribution < 1.29 is 23.8 Å². The molecule has 0 aliphatic heterocycles. The number of hydrogen-bond donors (Lipinski definition) is 0. The van der Waals surface area contributed by atoms with Crippen LogP contribution >= 0.6 is 0 Å².